The summed E-state index contributed by atoms with van der Waals surface area (Å²) in [7, 11) is 0. The van der Waals surface area contributed by atoms with Gasteiger partial charge in [0, 0.05) is 19.2 Å². The summed E-state index contributed by atoms with van der Waals surface area (Å²) in [6.07, 6.45) is 1.87. The van der Waals surface area contributed by atoms with Crippen molar-refractivity contribution in [2.24, 2.45) is 0 Å². The van der Waals surface area contributed by atoms with Crippen LogP contribution in [-0.2, 0) is 9.53 Å². The number of rotatable bonds is 6. The predicted octanol–water partition coefficient (Wildman–Crippen LogP) is 2.30. The number of carbonyl (C=O) groups is 2. The number of thiophene rings is 1. The molecule has 0 radical (unpaired) electrons. The van der Waals surface area contributed by atoms with E-state index in [0.29, 0.717) is 29.6 Å². The van der Waals surface area contributed by atoms with Crippen molar-refractivity contribution in [1.82, 2.24) is 10.1 Å². The number of ether oxygens (including phenoxy) is 1. The standard InChI is InChI=1S/C16H19N3O4S/c1-11-8-14(18-23-11)17-15(20)10-19(9-12-4-2-6-22-12)16(21)13-5-3-7-24-13/h3,5,7-8,12H,2,4,6,9-10H2,1H3,(H,17,18,20). The molecule has 1 aliphatic heterocycles. The maximum atomic E-state index is 12.7. The lowest BCUT2D eigenvalue weighted by Gasteiger charge is -2.24. The summed E-state index contributed by atoms with van der Waals surface area (Å²) in [5.74, 6) is 0.479. The third-order valence-electron chi connectivity index (χ3n) is 3.70. The van der Waals surface area contributed by atoms with Crippen LogP contribution in [0.3, 0.4) is 0 Å². The van der Waals surface area contributed by atoms with Gasteiger partial charge in [0.2, 0.25) is 5.91 Å². The van der Waals surface area contributed by atoms with Crippen molar-refractivity contribution in [3.8, 4) is 0 Å². The van der Waals surface area contributed by atoms with Gasteiger partial charge in [0.05, 0.1) is 11.0 Å². The van der Waals surface area contributed by atoms with Gasteiger partial charge in [0.1, 0.15) is 12.3 Å². The smallest absolute Gasteiger partial charge is 0.264 e. The van der Waals surface area contributed by atoms with Crippen LogP contribution in [0, 0.1) is 6.92 Å². The molecule has 0 aliphatic carbocycles. The van der Waals surface area contributed by atoms with Gasteiger partial charge in [-0.2, -0.15) is 0 Å². The van der Waals surface area contributed by atoms with E-state index in [4.69, 9.17) is 9.26 Å². The number of carbonyl (C=O) groups excluding carboxylic acids is 2. The fourth-order valence-electron chi connectivity index (χ4n) is 2.59. The summed E-state index contributed by atoms with van der Waals surface area (Å²) in [5, 5.41) is 8.21. The van der Waals surface area contributed by atoms with E-state index in [-0.39, 0.29) is 24.5 Å². The summed E-state index contributed by atoms with van der Waals surface area (Å²) >= 11 is 1.36. The van der Waals surface area contributed by atoms with Gasteiger partial charge in [-0.1, -0.05) is 11.2 Å². The second-order valence-corrected chi connectivity index (χ2v) is 6.62. The average molecular weight is 349 g/mol. The van der Waals surface area contributed by atoms with Crippen LogP contribution < -0.4 is 5.32 Å². The third-order valence-corrected chi connectivity index (χ3v) is 4.55. The van der Waals surface area contributed by atoms with Crippen LogP contribution in [0.4, 0.5) is 5.82 Å². The topological polar surface area (TPSA) is 84.7 Å². The van der Waals surface area contributed by atoms with Crippen molar-refractivity contribution in [3.05, 3.63) is 34.2 Å². The van der Waals surface area contributed by atoms with Crippen LogP contribution in [0.5, 0.6) is 0 Å². The van der Waals surface area contributed by atoms with Gasteiger partial charge in [0.25, 0.3) is 5.91 Å². The summed E-state index contributed by atoms with van der Waals surface area (Å²) in [5.41, 5.74) is 0. The largest absolute Gasteiger partial charge is 0.376 e. The molecule has 0 bridgehead atoms. The number of anilines is 1. The lowest BCUT2D eigenvalue weighted by Crippen LogP contribution is -2.42. The number of hydrogen-bond acceptors (Lipinski definition) is 6. The number of nitrogens with one attached hydrogen (secondary N) is 1. The lowest BCUT2D eigenvalue weighted by atomic mass is 10.2. The highest BCUT2D eigenvalue weighted by Crippen LogP contribution is 2.17. The van der Waals surface area contributed by atoms with Gasteiger partial charge in [0.15, 0.2) is 5.82 Å². The minimum Gasteiger partial charge on any atom is -0.376 e. The van der Waals surface area contributed by atoms with Crippen molar-refractivity contribution in [3.63, 3.8) is 0 Å². The molecular weight excluding hydrogens is 330 g/mol. The van der Waals surface area contributed by atoms with Crippen molar-refractivity contribution >= 4 is 29.0 Å². The number of amides is 2. The maximum Gasteiger partial charge on any atom is 0.264 e. The molecule has 3 rings (SSSR count). The molecule has 0 aromatic carbocycles. The van der Waals surface area contributed by atoms with Crippen LogP contribution in [0.15, 0.2) is 28.1 Å². The van der Waals surface area contributed by atoms with Crippen molar-refractivity contribution < 1.29 is 18.8 Å². The zero-order chi connectivity index (χ0) is 16.9. The first-order valence-electron chi connectivity index (χ1n) is 7.79. The molecule has 0 saturated carbocycles. The quantitative estimate of drug-likeness (QED) is 0.865. The van der Waals surface area contributed by atoms with E-state index >= 15 is 0 Å². The summed E-state index contributed by atoms with van der Waals surface area (Å²) in [4.78, 5) is 27.0. The van der Waals surface area contributed by atoms with E-state index < -0.39 is 0 Å². The molecule has 3 heterocycles. The zero-order valence-corrected chi connectivity index (χ0v) is 14.2. The molecule has 2 amide bonds. The molecule has 24 heavy (non-hydrogen) atoms. The maximum absolute atomic E-state index is 12.7. The Kier molecular flexibility index (Phi) is 5.27. The van der Waals surface area contributed by atoms with E-state index in [2.05, 4.69) is 10.5 Å². The molecule has 1 unspecified atom stereocenters. The molecule has 2 aromatic heterocycles. The van der Waals surface area contributed by atoms with Gasteiger partial charge >= 0.3 is 0 Å². The monoisotopic (exact) mass is 349 g/mol. The van der Waals surface area contributed by atoms with E-state index in [1.807, 2.05) is 11.4 Å². The highest BCUT2D eigenvalue weighted by Gasteiger charge is 2.26. The van der Waals surface area contributed by atoms with Crippen molar-refractivity contribution in [2.45, 2.75) is 25.9 Å². The summed E-state index contributed by atoms with van der Waals surface area (Å²) in [6.45, 7) is 2.80. The minimum absolute atomic E-state index is 0.0176. The Morgan fingerprint density at radius 1 is 1.50 bits per heavy atom. The Hall–Kier alpha value is -2.19. The van der Waals surface area contributed by atoms with Gasteiger partial charge < -0.3 is 19.5 Å². The van der Waals surface area contributed by atoms with Gasteiger partial charge in [-0.3, -0.25) is 9.59 Å². The van der Waals surface area contributed by atoms with E-state index in [1.54, 1.807) is 19.1 Å². The molecule has 7 nitrogen and oxygen atoms in total. The highest BCUT2D eigenvalue weighted by molar-refractivity contribution is 7.12. The SMILES string of the molecule is Cc1cc(NC(=O)CN(CC2CCCO2)C(=O)c2cccs2)no1. The molecule has 1 saturated heterocycles. The molecule has 1 fully saturated rings. The molecule has 8 heteroatoms. The molecule has 128 valence electrons. The van der Waals surface area contributed by atoms with Crippen LogP contribution in [0.25, 0.3) is 0 Å². The number of aromatic nitrogens is 1. The van der Waals surface area contributed by atoms with Gasteiger partial charge in [-0.25, -0.2) is 0 Å². The molecule has 0 spiro atoms. The Labute approximate surface area is 143 Å². The Balaban J connectivity index is 1.66. The number of nitrogens with zero attached hydrogens (tertiary/aromatic N) is 2. The number of hydrogen-bond donors (Lipinski definition) is 1. The zero-order valence-electron chi connectivity index (χ0n) is 13.4. The summed E-state index contributed by atoms with van der Waals surface area (Å²) in [6, 6.07) is 5.21. The average Bonchev–Trinajstić information content (AvgIpc) is 3.28. The van der Waals surface area contributed by atoms with Crippen LogP contribution >= 0.6 is 11.3 Å². The predicted molar refractivity (Wildman–Crippen MR) is 89.1 cm³/mol. The van der Waals surface area contributed by atoms with E-state index in [0.717, 1.165) is 12.8 Å². The first-order chi connectivity index (χ1) is 11.6. The Morgan fingerprint density at radius 3 is 3.00 bits per heavy atom. The second kappa shape index (κ2) is 7.59. The van der Waals surface area contributed by atoms with E-state index in [9.17, 15) is 9.59 Å². The van der Waals surface area contributed by atoms with Crippen LogP contribution in [0.1, 0.15) is 28.3 Å². The highest BCUT2D eigenvalue weighted by atomic mass is 32.1. The molecular formula is C16H19N3O4S. The molecule has 1 N–H and O–H groups in total. The molecule has 2 aromatic rings. The first kappa shape index (κ1) is 16.7. The van der Waals surface area contributed by atoms with Crippen molar-refractivity contribution in [2.75, 3.05) is 25.0 Å². The van der Waals surface area contributed by atoms with Crippen molar-refractivity contribution in [1.29, 1.82) is 0 Å². The third kappa shape index (κ3) is 4.21. The van der Waals surface area contributed by atoms with Gasteiger partial charge in [-0.05, 0) is 31.2 Å². The summed E-state index contributed by atoms with van der Waals surface area (Å²) < 4.78 is 10.5. The van der Waals surface area contributed by atoms with E-state index in [1.165, 1.54) is 16.2 Å². The minimum atomic E-state index is -0.314. The molecule has 1 aliphatic rings. The fraction of sp³-hybridized carbons (Fsp3) is 0.438. The fourth-order valence-corrected chi connectivity index (χ4v) is 3.28. The van der Waals surface area contributed by atoms with Gasteiger partial charge in [-0.15, -0.1) is 11.3 Å². The lowest BCUT2D eigenvalue weighted by molar-refractivity contribution is -0.117. The number of aryl methyl sites for hydroxylation is 1. The van der Waals surface area contributed by atoms with Crippen LogP contribution in [-0.4, -0.2) is 47.7 Å². The molecule has 1 atom stereocenters. The Bertz CT molecular complexity index is 692. The Morgan fingerprint density at radius 2 is 2.38 bits per heavy atom. The van der Waals surface area contributed by atoms with Crippen LogP contribution in [0.2, 0.25) is 0 Å². The normalized spacial score (nSPS) is 17.0. The second-order valence-electron chi connectivity index (χ2n) is 5.67. The first-order valence-corrected chi connectivity index (χ1v) is 8.67.